The molecule has 0 amide bonds. The number of hydrogen-bond donors (Lipinski definition) is 4. The first kappa shape index (κ1) is 16.2. The van der Waals surface area contributed by atoms with Crippen molar-refractivity contribution >= 4 is 26.2 Å². The Labute approximate surface area is 119 Å². The summed E-state index contributed by atoms with van der Waals surface area (Å²) in [4.78, 5) is 40.7. The molecule has 2 aromatic rings. The Bertz CT molecular complexity index is 756. The predicted molar refractivity (Wildman–Crippen MR) is 72.7 cm³/mol. The number of rotatable bonds is 4. The van der Waals surface area contributed by atoms with Crippen LogP contribution in [0.1, 0.15) is 11.4 Å². The smallest absolute Gasteiger partial charge is 0.327 e. The Morgan fingerprint density at radius 2 is 1.62 bits per heavy atom. The molecule has 0 unspecified atom stereocenters. The SMILES string of the molecule is Cc1nnc(C)c2c1ncn2CC(P(=O)(O)O)P(=O)(O)O. The quantitative estimate of drug-likeness (QED) is 0.569. The van der Waals surface area contributed by atoms with Crippen LogP contribution >= 0.6 is 15.2 Å². The second kappa shape index (κ2) is 5.24. The first-order valence-electron chi connectivity index (χ1n) is 5.77. The van der Waals surface area contributed by atoms with E-state index in [1.807, 2.05) is 0 Å². The van der Waals surface area contributed by atoms with E-state index in [1.54, 1.807) is 13.8 Å². The lowest BCUT2D eigenvalue weighted by molar-refractivity contribution is 0.332. The zero-order valence-corrected chi connectivity index (χ0v) is 12.9. The summed E-state index contributed by atoms with van der Waals surface area (Å²) in [5.74, 6) is 0. The third-order valence-electron chi connectivity index (χ3n) is 3.01. The first-order chi connectivity index (χ1) is 9.51. The van der Waals surface area contributed by atoms with Gasteiger partial charge in [0.1, 0.15) is 5.52 Å². The van der Waals surface area contributed by atoms with Crippen LogP contribution in [0.2, 0.25) is 0 Å². The molecule has 0 saturated heterocycles. The van der Waals surface area contributed by atoms with Gasteiger partial charge in [-0.25, -0.2) is 4.98 Å². The molecular weight excluding hydrogens is 322 g/mol. The van der Waals surface area contributed by atoms with Gasteiger partial charge in [-0.05, 0) is 13.8 Å². The second-order valence-corrected chi connectivity index (χ2v) is 8.63. The van der Waals surface area contributed by atoms with Crippen LogP contribution in [0.5, 0.6) is 0 Å². The van der Waals surface area contributed by atoms with Gasteiger partial charge in [0.2, 0.25) is 0 Å². The molecule has 4 N–H and O–H groups in total. The van der Waals surface area contributed by atoms with E-state index in [9.17, 15) is 9.13 Å². The molecule has 0 aliphatic carbocycles. The number of imidazole rings is 1. The number of hydrogen-bond acceptors (Lipinski definition) is 5. The fourth-order valence-electron chi connectivity index (χ4n) is 1.99. The van der Waals surface area contributed by atoms with Crippen LogP contribution in [0.3, 0.4) is 0 Å². The molecule has 0 saturated carbocycles. The number of aryl methyl sites for hydroxylation is 2. The molecule has 0 spiro atoms. The van der Waals surface area contributed by atoms with Crippen molar-refractivity contribution in [1.82, 2.24) is 19.7 Å². The van der Waals surface area contributed by atoms with Crippen molar-refractivity contribution in [3.8, 4) is 0 Å². The van der Waals surface area contributed by atoms with E-state index in [4.69, 9.17) is 19.6 Å². The summed E-state index contributed by atoms with van der Waals surface area (Å²) in [6, 6.07) is 0. The third-order valence-corrected chi connectivity index (χ3v) is 6.69. The molecule has 0 bridgehead atoms. The minimum atomic E-state index is -4.99. The first-order valence-corrected chi connectivity index (χ1v) is 9.13. The second-order valence-electron chi connectivity index (χ2n) is 4.62. The molecule has 10 nitrogen and oxygen atoms in total. The highest BCUT2D eigenvalue weighted by Crippen LogP contribution is 2.60. The molecule has 21 heavy (non-hydrogen) atoms. The predicted octanol–water partition coefficient (Wildman–Crippen LogP) is 0.125. The van der Waals surface area contributed by atoms with Crippen LogP contribution in [-0.4, -0.2) is 44.7 Å². The van der Waals surface area contributed by atoms with E-state index in [1.165, 1.54) is 10.9 Å². The lowest BCUT2D eigenvalue weighted by Gasteiger charge is -2.20. The number of fused-ring (bicyclic) bond motifs is 1. The Morgan fingerprint density at radius 3 is 2.14 bits per heavy atom. The van der Waals surface area contributed by atoms with Crippen LogP contribution in [0.25, 0.3) is 11.0 Å². The molecule has 2 aromatic heterocycles. The maximum atomic E-state index is 11.3. The van der Waals surface area contributed by atoms with Crippen molar-refractivity contribution in [2.24, 2.45) is 0 Å². The standard InChI is InChI=1S/C9H14N4O6P2/c1-5-8-9(6(2)12-11-5)13(4-10-8)3-7(20(14,15)16)21(17,18)19/h4,7H,3H2,1-2H3,(H2,14,15,16)(H2,17,18,19). The highest BCUT2D eigenvalue weighted by atomic mass is 31.2. The molecule has 0 aliphatic rings. The molecule has 12 heteroatoms. The van der Waals surface area contributed by atoms with Crippen molar-refractivity contribution in [2.75, 3.05) is 0 Å². The van der Waals surface area contributed by atoms with E-state index in [0.29, 0.717) is 22.4 Å². The summed E-state index contributed by atoms with van der Waals surface area (Å²) >= 11 is 0. The van der Waals surface area contributed by atoms with Crippen molar-refractivity contribution < 1.29 is 28.7 Å². The third kappa shape index (κ3) is 3.21. The lowest BCUT2D eigenvalue weighted by atomic mass is 10.3. The average molecular weight is 336 g/mol. The Kier molecular flexibility index (Phi) is 4.05. The molecular formula is C9H14N4O6P2. The van der Waals surface area contributed by atoms with Gasteiger partial charge in [-0.3, -0.25) is 9.13 Å². The van der Waals surface area contributed by atoms with Gasteiger partial charge in [-0.1, -0.05) is 0 Å². The van der Waals surface area contributed by atoms with Crippen molar-refractivity contribution in [3.05, 3.63) is 17.7 Å². The molecule has 2 rings (SSSR count). The highest BCUT2D eigenvalue weighted by Gasteiger charge is 2.43. The topological polar surface area (TPSA) is 159 Å². The average Bonchev–Trinajstić information content (AvgIpc) is 2.73. The van der Waals surface area contributed by atoms with Gasteiger partial charge in [0.15, 0.2) is 5.40 Å². The van der Waals surface area contributed by atoms with E-state index < -0.39 is 27.1 Å². The van der Waals surface area contributed by atoms with Gasteiger partial charge in [-0.2, -0.15) is 10.2 Å². The van der Waals surface area contributed by atoms with Crippen molar-refractivity contribution in [2.45, 2.75) is 25.8 Å². The summed E-state index contributed by atoms with van der Waals surface area (Å²) < 4.78 is 23.9. The van der Waals surface area contributed by atoms with E-state index in [0.717, 1.165) is 0 Å². The molecule has 0 aliphatic heterocycles. The van der Waals surface area contributed by atoms with Gasteiger partial charge in [-0.15, -0.1) is 0 Å². The van der Waals surface area contributed by atoms with Gasteiger partial charge in [0.25, 0.3) is 0 Å². The zero-order chi connectivity index (χ0) is 16.0. The summed E-state index contributed by atoms with van der Waals surface area (Å²) in [6.07, 6.45) is 1.26. The summed E-state index contributed by atoms with van der Waals surface area (Å²) in [5, 5.41) is 5.61. The van der Waals surface area contributed by atoms with Crippen LogP contribution in [0.4, 0.5) is 0 Å². The molecule has 116 valence electrons. The monoisotopic (exact) mass is 336 g/mol. The van der Waals surface area contributed by atoms with Gasteiger partial charge in [0, 0.05) is 6.54 Å². The van der Waals surface area contributed by atoms with Crippen LogP contribution in [0.15, 0.2) is 6.33 Å². The summed E-state index contributed by atoms with van der Waals surface area (Å²) in [7, 11) is -9.98. The molecule has 0 atom stereocenters. The summed E-state index contributed by atoms with van der Waals surface area (Å²) in [5.41, 5.74) is 1.87. The fraction of sp³-hybridized carbons (Fsp3) is 0.444. The van der Waals surface area contributed by atoms with Gasteiger partial charge >= 0.3 is 15.2 Å². The Hall–Kier alpha value is -1.15. The van der Waals surface area contributed by atoms with Crippen molar-refractivity contribution in [1.29, 1.82) is 0 Å². The number of aromatic nitrogens is 4. The number of nitrogens with zero attached hydrogens (tertiary/aromatic N) is 4. The van der Waals surface area contributed by atoms with E-state index >= 15 is 0 Å². The molecule has 0 fully saturated rings. The molecule has 0 aromatic carbocycles. The largest absolute Gasteiger partial charge is 0.342 e. The van der Waals surface area contributed by atoms with E-state index in [2.05, 4.69) is 15.2 Å². The maximum absolute atomic E-state index is 11.3. The lowest BCUT2D eigenvalue weighted by Crippen LogP contribution is -2.17. The van der Waals surface area contributed by atoms with Crippen LogP contribution in [0, 0.1) is 13.8 Å². The Balaban J connectivity index is 2.55. The van der Waals surface area contributed by atoms with E-state index in [-0.39, 0.29) is 0 Å². The highest BCUT2D eigenvalue weighted by molar-refractivity contribution is 7.70. The summed E-state index contributed by atoms with van der Waals surface area (Å²) in [6.45, 7) is 2.71. The minimum absolute atomic E-state index is 0.439. The molecule has 0 radical (unpaired) electrons. The van der Waals surface area contributed by atoms with Gasteiger partial charge < -0.3 is 24.1 Å². The van der Waals surface area contributed by atoms with Crippen LogP contribution in [-0.2, 0) is 15.7 Å². The maximum Gasteiger partial charge on any atom is 0.342 e. The van der Waals surface area contributed by atoms with Gasteiger partial charge in [0.05, 0.1) is 23.2 Å². The fourth-order valence-corrected chi connectivity index (χ4v) is 4.34. The normalized spacial score (nSPS) is 13.3. The Morgan fingerprint density at radius 1 is 1.10 bits per heavy atom. The molecule has 2 heterocycles. The zero-order valence-electron chi connectivity index (χ0n) is 11.2. The van der Waals surface area contributed by atoms with Crippen molar-refractivity contribution in [3.63, 3.8) is 0 Å². The van der Waals surface area contributed by atoms with Crippen LogP contribution < -0.4 is 0 Å². The minimum Gasteiger partial charge on any atom is -0.327 e.